The molecule has 9 nitrogen and oxygen atoms in total. The molecule has 3 atom stereocenters. The maximum Gasteiger partial charge on any atom is 0.132 e. The molecule has 9 N–H and O–H groups in total. The minimum absolute atomic E-state index is 0.00448. The molecule has 0 aliphatic heterocycles. The van der Waals surface area contributed by atoms with Gasteiger partial charge in [-0.3, -0.25) is 10.6 Å². The first-order valence-electron chi connectivity index (χ1n) is 10.5. The average Bonchev–Trinajstić information content (AvgIpc) is 3.15. The topological polar surface area (TPSA) is 138 Å². The van der Waals surface area contributed by atoms with E-state index in [9.17, 15) is 15.3 Å². The van der Waals surface area contributed by atoms with Crippen LogP contribution in [-0.4, -0.2) is 76.8 Å². The van der Waals surface area contributed by atoms with Gasteiger partial charge >= 0.3 is 0 Å². The Morgan fingerprint density at radius 3 is 2.19 bits per heavy atom. The molecule has 0 saturated heterocycles. The summed E-state index contributed by atoms with van der Waals surface area (Å²) in [6.45, 7) is 2.89. The average molecular weight is 389 g/mol. The van der Waals surface area contributed by atoms with Gasteiger partial charge in [0.25, 0.3) is 0 Å². The summed E-state index contributed by atoms with van der Waals surface area (Å²) in [5.41, 5.74) is 12.0. The van der Waals surface area contributed by atoms with E-state index in [1.165, 1.54) is 12.8 Å². The normalized spacial score (nSPS) is 30.9. The van der Waals surface area contributed by atoms with Crippen molar-refractivity contribution in [3.63, 3.8) is 0 Å². The number of aliphatic hydroxyl groups excluding tert-OH is 3. The van der Waals surface area contributed by atoms with Crippen molar-refractivity contribution in [3.05, 3.63) is 0 Å². The number of rotatable bonds is 12. The second kappa shape index (κ2) is 11.0. The minimum atomic E-state index is -0.782. The van der Waals surface area contributed by atoms with E-state index in [-0.39, 0.29) is 13.2 Å². The van der Waals surface area contributed by atoms with Crippen molar-refractivity contribution in [2.24, 2.45) is 5.73 Å². The summed E-state index contributed by atoms with van der Waals surface area (Å²) in [5.74, 6) is 0. The summed E-state index contributed by atoms with van der Waals surface area (Å²) >= 11 is 0. The molecule has 2 saturated carbocycles. The van der Waals surface area contributed by atoms with Gasteiger partial charge in [-0.05, 0) is 39.0 Å². The van der Waals surface area contributed by atoms with E-state index in [1.807, 2.05) is 5.12 Å². The summed E-state index contributed by atoms with van der Waals surface area (Å²) in [4.78, 5) is 0. The summed E-state index contributed by atoms with van der Waals surface area (Å²) in [6.07, 6.45) is 7.74. The van der Waals surface area contributed by atoms with Gasteiger partial charge in [0, 0.05) is 25.7 Å². The van der Waals surface area contributed by atoms with Crippen LogP contribution in [-0.2, 0) is 0 Å². The Bertz CT molecular complexity index is 416. The zero-order valence-electron chi connectivity index (χ0n) is 16.7. The zero-order chi connectivity index (χ0) is 19.8. The van der Waals surface area contributed by atoms with Gasteiger partial charge < -0.3 is 21.1 Å². The van der Waals surface area contributed by atoms with E-state index in [4.69, 9.17) is 5.73 Å². The molecule has 2 aliphatic carbocycles. The molecule has 2 fully saturated rings. The molecular weight excluding hydrogens is 348 g/mol. The van der Waals surface area contributed by atoms with Crippen LogP contribution in [0.25, 0.3) is 0 Å². The Hall–Kier alpha value is -0.360. The van der Waals surface area contributed by atoms with Crippen LogP contribution in [0.15, 0.2) is 0 Å². The smallest absolute Gasteiger partial charge is 0.132 e. The van der Waals surface area contributed by atoms with Gasteiger partial charge in [0.15, 0.2) is 0 Å². The third-order valence-corrected chi connectivity index (χ3v) is 5.75. The zero-order valence-corrected chi connectivity index (χ0v) is 16.7. The maximum atomic E-state index is 9.82. The fourth-order valence-corrected chi connectivity index (χ4v) is 4.41. The number of nitrogens with one attached hydrogen (secondary N) is 4. The Morgan fingerprint density at radius 2 is 1.63 bits per heavy atom. The van der Waals surface area contributed by atoms with Crippen molar-refractivity contribution in [3.8, 4) is 0 Å². The number of hydrazine groups is 2. The van der Waals surface area contributed by atoms with Crippen molar-refractivity contribution in [2.45, 2.75) is 81.8 Å². The van der Waals surface area contributed by atoms with Gasteiger partial charge in [0.2, 0.25) is 0 Å². The second-order valence-corrected chi connectivity index (χ2v) is 7.99. The summed E-state index contributed by atoms with van der Waals surface area (Å²) in [6, 6.07) is 0.369. The van der Waals surface area contributed by atoms with Gasteiger partial charge in [-0.2, -0.15) is 5.12 Å². The molecule has 160 valence electrons. The molecule has 0 aromatic rings. The van der Waals surface area contributed by atoms with Crippen LogP contribution in [0.3, 0.4) is 0 Å². The highest BCUT2D eigenvalue weighted by atomic mass is 16.3. The van der Waals surface area contributed by atoms with E-state index in [0.29, 0.717) is 25.7 Å². The molecule has 3 unspecified atom stereocenters. The lowest BCUT2D eigenvalue weighted by molar-refractivity contribution is -0.129. The van der Waals surface area contributed by atoms with Crippen LogP contribution < -0.4 is 27.2 Å². The summed E-state index contributed by atoms with van der Waals surface area (Å²) in [7, 11) is 0. The first-order chi connectivity index (χ1) is 13.0. The first kappa shape index (κ1) is 22.9. The highest BCUT2D eigenvalue weighted by molar-refractivity contribution is 5.09. The van der Waals surface area contributed by atoms with Crippen molar-refractivity contribution in [2.75, 3.05) is 32.8 Å². The van der Waals surface area contributed by atoms with Crippen LogP contribution in [0.1, 0.15) is 58.3 Å². The van der Waals surface area contributed by atoms with Crippen LogP contribution >= 0.6 is 0 Å². The summed E-state index contributed by atoms with van der Waals surface area (Å²) in [5, 5.41) is 37.6. The van der Waals surface area contributed by atoms with E-state index in [2.05, 4.69) is 21.5 Å². The fourth-order valence-electron chi connectivity index (χ4n) is 4.41. The van der Waals surface area contributed by atoms with Gasteiger partial charge in [-0.25, -0.2) is 10.9 Å². The molecular formula is C18H40N6O3. The summed E-state index contributed by atoms with van der Waals surface area (Å²) < 4.78 is 0. The molecule has 27 heavy (non-hydrogen) atoms. The van der Waals surface area contributed by atoms with Crippen molar-refractivity contribution in [1.82, 2.24) is 26.6 Å². The van der Waals surface area contributed by atoms with Crippen molar-refractivity contribution >= 4 is 0 Å². The standard InChI is InChI=1S/C18H40N6O3/c1-15(27)14-20-17(19)8-4-5-9-18(17,23-16-6-2-3-7-16)24(21-10-12-25)22-11-13-26/h15-16,20-23,25-27H,2-14,19H2,1H3. The van der Waals surface area contributed by atoms with Crippen LogP contribution in [0.2, 0.25) is 0 Å². The van der Waals surface area contributed by atoms with Gasteiger partial charge in [0.1, 0.15) is 11.3 Å². The van der Waals surface area contributed by atoms with Gasteiger partial charge in [0.05, 0.1) is 19.3 Å². The molecule has 0 heterocycles. The van der Waals surface area contributed by atoms with E-state index in [0.717, 1.165) is 38.5 Å². The molecule has 9 heteroatoms. The molecule has 0 amide bonds. The molecule has 0 radical (unpaired) electrons. The Kier molecular flexibility index (Phi) is 9.33. The number of hydrogen-bond donors (Lipinski definition) is 8. The van der Waals surface area contributed by atoms with Crippen LogP contribution in [0.5, 0.6) is 0 Å². The van der Waals surface area contributed by atoms with Crippen LogP contribution in [0, 0.1) is 0 Å². The largest absolute Gasteiger partial charge is 0.395 e. The molecule has 0 aromatic heterocycles. The molecule has 2 rings (SSSR count). The second-order valence-electron chi connectivity index (χ2n) is 7.99. The molecule has 2 aliphatic rings. The lowest BCUT2D eigenvalue weighted by Crippen LogP contribution is -2.85. The minimum Gasteiger partial charge on any atom is -0.395 e. The number of nitrogens with zero attached hydrogens (tertiary/aromatic N) is 1. The Labute approximate surface area is 163 Å². The van der Waals surface area contributed by atoms with Crippen molar-refractivity contribution < 1.29 is 15.3 Å². The number of aliphatic hydroxyl groups is 3. The van der Waals surface area contributed by atoms with Crippen molar-refractivity contribution in [1.29, 1.82) is 0 Å². The molecule has 0 bridgehead atoms. The van der Waals surface area contributed by atoms with E-state index in [1.54, 1.807) is 6.92 Å². The third-order valence-electron chi connectivity index (χ3n) is 5.75. The van der Waals surface area contributed by atoms with E-state index >= 15 is 0 Å². The monoisotopic (exact) mass is 388 g/mol. The fraction of sp³-hybridized carbons (Fsp3) is 1.00. The lowest BCUT2D eigenvalue weighted by atomic mass is 9.77. The quantitative estimate of drug-likeness (QED) is 0.152. The SMILES string of the molecule is CC(O)CNC1(N)CCCCC1(NC1CCCC1)N(NCCO)NCCO. The number of nitrogens with two attached hydrogens (primary N) is 1. The highest BCUT2D eigenvalue weighted by Gasteiger charge is 2.55. The Morgan fingerprint density at radius 1 is 1.04 bits per heavy atom. The predicted octanol–water partition coefficient (Wildman–Crippen LogP) is -1.29. The van der Waals surface area contributed by atoms with Crippen LogP contribution in [0.4, 0.5) is 0 Å². The Balaban J connectivity index is 2.33. The van der Waals surface area contributed by atoms with E-state index < -0.39 is 17.4 Å². The molecule has 0 spiro atoms. The maximum absolute atomic E-state index is 9.82. The highest BCUT2D eigenvalue weighted by Crippen LogP contribution is 2.37. The first-order valence-corrected chi connectivity index (χ1v) is 10.5. The third kappa shape index (κ3) is 5.81. The lowest BCUT2D eigenvalue weighted by Gasteiger charge is -2.58. The molecule has 0 aromatic carbocycles. The van der Waals surface area contributed by atoms with Gasteiger partial charge in [-0.1, -0.05) is 19.3 Å². The number of hydrogen-bond acceptors (Lipinski definition) is 9. The predicted molar refractivity (Wildman–Crippen MR) is 105 cm³/mol. The van der Waals surface area contributed by atoms with Gasteiger partial charge in [-0.15, -0.1) is 0 Å².